The van der Waals surface area contributed by atoms with Crippen molar-refractivity contribution in [2.24, 2.45) is 11.8 Å². The van der Waals surface area contributed by atoms with Crippen LogP contribution in [0.3, 0.4) is 0 Å². The highest BCUT2D eigenvalue weighted by molar-refractivity contribution is 5.90. The van der Waals surface area contributed by atoms with Gasteiger partial charge in [-0.05, 0) is 55.5 Å². The first kappa shape index (κ1) is 20.2. The van der Waals surface area contributed by atoms with Gasteiger partial charge in [0.25, 0.3) is 0 Å². The van der Waals surface area contributed by atoms with Crippen LogP contribution in [-0.2, 0) is 6.18 Å². The third-order valence-electron chi connectivity index (χ3n) is 6.57. The number of halogens is 4. The summed E-state index contributed by atoms with van der Waals surface area (Å²) in [6.07, 6.45) is -4.68. The molecule has 3 aromatic rings. The second-order valence-corrected chi connectivity index (χ2v) is 8.95. The maximum Gasteiger partial charge on any atom is 0.417 e. The van der Waals surface area contributed by atoms with Crippen LogP contribution in [-0.4, -0.2) is 28.3 Å². The molecule has 5 rings (SSSR count). The lowest BCUT2D eigenvalue weighted by Crippen LogP contribution is -2.14. The van der Waals surface area contributed by atoms with E-state index in [1.54, 1.807) is 0 Å². The molecule has 1 unspecified atom stereocenters. The number of aryl methyl sites for hydroxylation is 1. The van der Waals surface area contributed by atoms with Crippen LogP contribution < -0.4 is 11.1 Å². The van der Waals surface area contributed by atoms with Crippen molar-refractivity contribution in [1.82, 2.24) is 20.5 Å². The minimum Gasteiger partial charge on any atom is -0.399 e. The molecular formula is C22H23F4N5. The average molecular weight is 433 g/mol. The van der Waals surface area contributed by atoms with Crippen LogP contribution in [0, 0.1) is 24.6 Å². The summed E-state index contributed by atoms with van der Waals surface area (Å²) >= 11 is 0. The lowest BCUT2D eigenvalue weighted by Gasteiger charge is -2.18. The van der Waals surface area contributed by atoms with Gasteiger partial charge in [-0.3, -0.25) is 5.10 Å². The second-order valence-electron chi connectivity index (χ2n) is 8.95. The third-order valence-corrected chi connectivity index (χ3v) is 6.57. The van der Waals surface area contributed by atoms with E-state index >= 15 is 4.39 Å². The highest BCUT2D eigenvalue weighted by atomic mass is 19.4. The van der Waals surface area contributed by atoms with Crippen LogP contribution >= 0.6 is 0 Å². The van der Waals surface area contributed by atoms with E-state index in [1.807, 2.05) is 13.8 Å². The van der Waals surface area contributed by atoms with Crippen molar-refractivity contribution < 1.29 is 17.6 Å². The van der Waals surface area contributed by atoms with Crippen LogP contribution in [0.1, 0.15) is 48.2 Å². The number of nitrogens with two attached hydrogens (primary N) is 1. The summed E-state index contributed by atoms with van der Waals surface area (Å²) in [7, 11) is 0. The lowest BCUT2D eigenvalue weighted by atomic mass is 9.94. The highest BCUT2D eigenvalue weighted by Gasteiger charge is 2.55. The number of aromatic nitrogens is 3. The Hall–Kier alpha value is -2.68. The molecule has 1 aromatic carbocycles. The molecule has 5 nitrogen and oxygen atoms in total. The molecule has 9 heteroatoms. The number of hydrogen-bond acceptors (Lipinski definition) is 4. The van der Waals surface area contributed by atoms with Crippen molar-refractivity contribution in [2.45, 2.75) is 38.8 Å². The summed E-state index contributed by atoms with van der Waals surface area (Å²) < 4.78 is 57.2. The number of rotatable bonds is 3. The molecule has 1 saturated carbocycles. The Morgan fingerprint density at radius 2 is 1.84 bits per heavy atom. The number of piperidine rings is 1. The molecule has 1 aliphatic carbocycles. The Bertz CT molecular complexity index is 1190. The molecule has 1 aliphatic heterocycles. The normalized spacial score (nSPS) is 23.0. The van der Waals surface area contributed by atoms with Gasteiger partial charge in [0.1, 0.15) is 11.2 Å². The SMILES string of the molecule is Cc1cc(N)cc(-c2nc(C(C)C)c3c(C4[C@H]5CNC[C@@H]45)[nH]nc3c2F)c1C(F)(F)F. The number of nitrogens with zero attached hydrogens (tertiary/aromatic N) is 2. The van der Waals surface area contributed by atoms with E-state index < -0.39 is 17.6 Å². The summed E-state index contributed by atoms with van der Waals surface area (Å²) in [6.45, 7) is 6.90. The van der Waals surface area contributed by atoms with Gasteiger partial charge in [-0.1, -0.05) is 13.8 Å². The van der Waals surface area contributed by atoms with Gasteiger partial charge in [0.2, 0.25) is 0 Å². The molecule has 1 saturated heterocycles. The Labute approximate surface area is 176 Å². The van der Waals surface area contributed by atoms with E-state index in [-0.39, 0.29) is 39.9 Å². The van der Waals surface area contributed by atoms with Crippen molar-refractivity contribution in [1.29, 1.82) is 0 Å². The smallest absolute Gasteiger partial charge is 0.399 e. The zero-order chi connectivity index (χ0) is 22.2. The Balaban J connectivity index is 1.77. The third kappa shape index (κ3) is 3.01. The number of alkyl halides is 3. The van der Waals surface area contributed by atoms with Crippen LogP contribution in [0.4, 0.5) is 23.2 Å². The standard InChI is InChI=1S/C22H23F4N5/c1-8(2)18-15-20(14-12-6-28-7-13(12)14)30-31-21(15)17(23)19(29-18)11-5-10(27)4-9(3)16(11)22(24,25)26/h4-5,8,12-14,28H,6-7,27H2,1-3H3,(H,30,31)/t12-,13+,14?. The van der Waals surface area contributed by atoms with Crippen molar-refractivity contribution in [3.05, 3.63) is 40.5 Å². The van der Waals surface area contributed by atoms with E-state index in [9.17, 15) is 13.2 Å². The molecular weight excluding hydrogens is 410 g/mol. The predicted molar refractivity (Wildman–Crippen MR) is 110 cm³/mol. The molecule has 3 atom stereocenters. The lowest BCUT2D eigenvalue weighted by molar-refractivity contribution is -0.137. The van der Waals surface area contributed by atoms with Crippen LogP contribution in [0.15, 0.2) is 12.1 Å². The van der Waals surface area contributed by atoms with Gasteiger partial charge in [0.05, 0.1) is 11.3 Å². The van der Waals surface area contributed by atoms with E-state index in [1.165, 1.54) is 13.0 Å². The van der Waals surface area contributed by atoms with Crippen molar-refractivity contribution in [3.63, 3.8) is 0 Å². The van der Waals surface area contributed by atoms with E-state index in [0.717, 1.165) is 24.8 Å². The Morgan fingerprint density at radius 1 is 1.16 bits per heavy atom. The first-order valence-electron chi connectivity index (χ1n) is 10.3. The fourth-order valence-corrected chi connectivity index (χ4v) is 5.17. The minimum atomic E-state index is -4.68. The van der Waals surface area contributed by atoms with Gasteiger partial charge in [0, 0.05) is 28.2 Å². The first-order valence-corrected chi connectivity index (χ1v) is 10.3. The number of nitrogen functional groups attached to an aromatic ring is 1. The number of pyridine rings is 1. The molecule has 2 fully saturated rings. The van der Waals surface area contributed by atoms with Gasteiger partial charge in [-0.2, -0.15) is 18.3 Å². The maximum absolute atomic E-state index is 15.7. The van der Waals surface area contributed by atoms with Gasteiger partial charge in [0.15, 0.2) is 5.82 Å². The largest absolute Gasteiger partial charge is 0.417 e. The molecule has 3 heterocycles. The molecule has 2 aliphatic rings. The maximum atomic E-state index is 15.7. The number of fused-ring (bicyclic) bond motifs is 2. The van der Waals surface area contributed by atoms with Gasteiger partial charge in [-0.25, -0.2) is 9.37 Å². The first-order chi connectivity index (χ1) is 14.6. The topological polar surface area (TPSA) is 79.6 Å². The average Bonchev–Trinajstić information content (AvgIpc) is 3.03. The summed E-state index contributed by atoms with van der Waals surface area (Å²) in [4.78, 5) is 4.46. The second kappa shape index (κ2) is 6.66. The van der Waals surface area contributed by atoms with Crippen molar-refractivity contribution in [3.8, 4) is 11.3 Å². The fraction of sp³-hybridized carbons (Fsp3) is 0.455. The molecule has 0 spiro atoms. The van der Waals surface area contributed by atoms with E-state index in [2.05, 4.69) is 20.5 Å². The van der Waals surface area contributed by atoms with Crippen LogP contribution in [0.25, 0.3) is 22.2 Å². The number of benzene rings is 1. The zero-order valence-electron chi connectivity index (χ0n) is 17.4. The van der Waals surface area contributed by atoms with Crippen LogP contribution in [0.2, 0.25) is 0 Å². The molecule has 4 N–H and O–H groups in total. The number of H-pyrrole nitrogens is 1. The monoisotopic (exact) mass is 433 g/mol. The number of anilines is 1. The van der Waals surface area contributed by atoms with Gasteiger partial charge >= 0.3 is 6.18 Å². The number of nitrogens with one attached hydrogen (secondary N) is 2. The van der Waals surface area contributed by atoms with Crippen molar-refractivity contribution >= 4 is 16.6 Å². The molecule has 31 heavy (non-hydrogen) atoms. The fourth-order valence-electron chi connectivity index (χ4n) is 5.17. The summed E-state index contributed by atoms with van der Waals surface area (Å²) in [5.74, 6) is 0.198. The molecule has 164 valence electrons. The number of aromatic amines is 1. The minimum absolute atomic E-state index is 0.0369. The summed E-state index contributed by atoms with van der Waals surface area (Å²) in [5, 5.41) is 11.1. The number of hydrogen-bond donors (Lipinski definition) is 3. The molecule has 0 amide bonds. The zero-order valence-corrected chi connectivity index (χ0v) is 17.4. The molecule has 0 bridgehead atoms. The van der Waals surface area contributed by atoms with Crippen molar-refractivity contribution in [2.75, 3.05) is 18.8 Å². The van der Waals surface area contributed by atoms with Crippen LogP contribution in [0.5, 0.6) is 0 Å². The van der Waals surface area contributed by atoms with E-state index in [0.29, 0.717) is 22.9 Å². The Morgan fingerprint density at radius 3 is 2.45 bits per heavy atom. The van der Waals surface area contributed by atoms with Gasteiger partial charge in [-0.15, -0.1) is 0 Å². The molecule has 0 radical (unpaired) electrons. The van der Waals surface area contributed by atoms with Gasteiger partial charge < -0.3 is 11.1 Å². The quantitative estimate of drug-likeness (QED) is 0.412. The Kier molecular flexibility index (Phi) is 4.35. The highest BCUT2D eigenvalue weighted by Crippen LogP contribution is 2.57. The van der Waals surface area contributed by atoms with E-state index in [4.69, 9.17) is 5.73 Å². The molecule has 2 aromatic heterocycles. The summed E-state index contributed by atoms with van der Waals surface area (Å²) in [5.41, 5.74) is 5.64. The summed E-state index contributed by atoms with van der Waals surface area (Å²) in [6, 6.07) is 2.38. The predicted octanol–water partition coefficient (Wildman–Crippen LogP) is 4.73.